The van der Waals surface area contributed by atoms with E-state index in [1.165, 1.54) is 12.1 Å². The van der Waals surface area contributed by atoms with Crippen LogP contribution >= 0.6 is 0 Å². The highest BCUT2D eigenvalue weighted by Crippen LogP contribution is 2.28. The first-order valence-electron chi connectivity index (χ1n) is 12.6. The van der Waals surface area contributed by atoms with E-state index >= 15 is 0 Å². The molecule has 0 fully saturated rings. The Labute approximate surface area is 226 Å². The number of carbonyl (C=O) groups excluding carboxylic acids is 1. The summed E-state index contributed by atoms with van der Waals surface area (Å²) in [4.78, 5) is 12.7. The van der Waals surface area contributed by atoms with Crippen LogP contribution in [0, 0.1) is 5.82 Å². The lowest BCUT2D eigenvalue weighted by Gasteiger charge is -2.14. The Morgan fingerprint density at radius 3 is 2.31 bits per heavy atom. The Balaban J connectivity index is 1.25. The van der Waals surface area contributed by atoms with Gasteiger partial charge in [-0.05, 0) is 64.7 Å². The first kappa shape index (κ1) is 25.7. The third-order valence-corrected chi connectivity index (χ3v) is 6.25. The van der Waals surface area contributed by atoms with Gasteiger partial charge >= 0.3 is 0 Å². The smallest absolute Gasteiger partial charge is 0.280 e. The molecule has 0 unspecified atom stereocenters. The van der Waals surface area contributed by atoms with E-state index in [2.05, 4.69) is 10.5 Å². The molecule has 6 heteroatoms. The lowest BCUT2D eigenvalue weighted by Crippen LogP contribution is -2.33. The second-order valence-electron chi connectivity index (χ2n) is 9.00. The molecule has 0 aliphatic carbocycles. The quantitative estimate of drug-likeness (QED) is 0.167. The number of nitrogens with zero attached hydrogens (tertiary/aromatic N) is 1. The van der Waals surface area contributed by atoms with Gasteiger partial charge in [-0.3, -0.25) is 4.79 Å². The molecule has 0 aliphatic heterocycles. The summed E-state index contributed by atoms with van der Waals surface area (Å²) in [5.74, 6) is 0.508. The molecule has 5 nitrogen and oxygen atoms in total. The highest BCUT2D eigenvalue weighted by Gasteiger charge is 2.14. The molecule has 39 heavy (non-hydrogen) atoms. The van der Waals surface area contributed by atoms with Gasteiger partial charge in [-0.15, -0.1) is 0 Å². The highest BCUT2D eigenvalue weighted by atomic mass is 19.1. The lowest BCUT2D eigenvalue weighted by atomic mass is 10.0. The fourth-order valence-corrected chi connectivity index (χ4v) is 4.14. The second kappa shape index (κ2) is 12.0. The fourth-order valence-electron chi connectivity index (χ4n) is 4.14. The van der Waals surface area contributed by atoms with Crippen molar-refractivity contribution in [3.05, 3.63) is 132 Å². The minimum atomic E-state index is -0.758. The van der Waals surface area contributed by atoms with Gasteiger partial charge in [0.1, 0.15) is 23.9 Å². The number of nitrogens with one attached hydrogen (secondary N) is 1. The first-order valence-corrected chi connectivity index (χ1v) is 12.6. The van der Waals surface area contributed by atoms with Crippen molar-refractivity contribution in [3.63, 3.8) is 0 Å². The third-order valence-electron chi connectivity index (χ3n) is 6.25. The van der Waals surface area contributed by atoms with Gasteiger partial charge in [0, 0.05) is 5.56 Å². The molecule has 5 aromatic rings. The molecule has 0 aliphatic rings. The largest absolute Gasteiger partial charge is 0.488 e. The molecule has 1 amide bonds. The predicted octanol–water partition coefficient (Wildman–Crippen LogP) is 7.14. The van der Waals surface area contributed by atoms with Crippen LogP contribution in [-0.4, -0.2) is 18.2 Å². The van der Waals surface area contributed by atoms with Gasteiger partial charge in [0.25, 0.3) is 5.91 Å². The Bertz CT molecular complexity index is 1580. The van der Waals surface area contributed by atoms with Gasteiger partial charge in [0.2, 0.25) is 0 Å². The van der Waals surface area contributed by atoms with E-state index in [4.69, 9.17) is 9.47 Å². The molecule has 0 aromatic heterocycles. The van der Waals surface area contributed by atoms with Gasteiger partial charge in [0.15, 0.2) is 6.10 Å². The van der Waals surface area contributed by atoms with Crippen LogP contribution in [0.5, 0.6) is 11.5 Å². The van der Waals surface area contributed by atoms with Crippen molar-refractivity contribution < 1.29 is 18.7 Å². The molecule has 0 spiro atoms. The minimum Gasteiger partial charge on any atom is -0.488 e. The first-order chi connectivity index (χ1) is 19.1. The summed E-state index contributed by atoms with van der Waals surface area (Å²) in [6, 6.07) is 35.5. The van der Waals surface area contributed by atoms with Crippen molar-refractivity contribution in [3.8, 4) is 22.6 Å². The minimum absolute atomic E-state index is 0.264. The van der Waals surface area contributed by atoms with Crippen LogP contribution in [0.2, 0.25) is 0 Å². The number of hydrogen-bond acceptors (Lipinski definition) is 4. The van der Waals surface area contributed by atoms with Crippen molar-refractivity contribution >= 4 is 22.9 Å². The van der Waals surface area contributed by atoms with E-state index in [0.717, 1.165) is 33.0 Å². The molecule has 0 saturated heterocycles. The molecular formula is C33H27FN2O3. The molecule has 1 atom stereocenters. The molecule has 0 bridgehead atoms. The number of benzene rings is 5. The fraction of sp³-hybridized carbons (Fsp3) is 0.0909. The molecule has 0 heterocycles. The number of hydrogen-bond donors (Lipinski definition) is 1. The molecule has 0 radical (unpaired) electrons. The normalized spacial score (nSPS) is 11.8. The number of rotatable bonds is 9. The molecule has 194 valence electrons. The van der Waals surface area contributed by atoms with Crippen LogP contribution < -0.4 is 14.9 Å². The monoisotopic (exact) mass is 518 g/mol. The topological polar surface area (TPSA) is 59.9 Å². The standard InChI is InChI=1S/C33H27FN2O3/c1-23(39-29-18-13-26(14-19-29)25-7-3-2-4-8-25)33(37)36-35-21-31-30-10-6-5-9-27(30)15-20-32(31)38-22-24-11-16-28(34)17-12-24/h2-21,23H,22H2,1H3,(H,36,37)/b35-21-/t23-/m1/s1. The van der Waals surface area contributed by atoms with Crippen LogP contribution in [0.25, 0.3) is 21.9 Å². The molecule has 0 saturated carbocycles. The molecule has 1 N–H and O–H groups in total. The maximum absolute atomic E-state index is 13.3. The van der Waals surface area contributed by atoms with E-state index in [1.807, 2.05) is 91.0 Å². The number of halogens is 1. The van der Waals surface area contributed by atoms with Gasteiger partial charge in [-0.1, -0.05) is 84.9 Å². The van der Waals surface area contributed by atoms with Crippen LogP contribution in [-0.2, 0) is 11.4 Å². The summed E-state index contributed by atoms with van der Waals surface area (Å²) in [5, 5.41) is 6.14. The molecule has 5 aromatic carbocycles. The zero-order chi connectivity index (χ0) is 27.0. The summed E-state index contributed by atoms with van der Waals surface area (Å²) in [5.41, 5.74) is 6.30. The van der Waals surface area contributed by atoms with E-state index in [0.29, 0.717) is 11.5 Å². The van der Waals surface area contributed by atoms with Crippen LogP contribution in [0.1, 0.15) is 18.1 Å². The van der Waals surface area contributed by atoms with Gasteiger partial charge in [-0.25, -0.2) is 9.82 Å². The number of hydrazone groups is 1. The summed E-state index contributed by atoms with van der Waals surface area (Å²) in [6.45, 7) is 1.94. The Morgan fingerprint density at radius 1 is 0.846 bits per heavy atom. The summed E-state index contributed by atoms with van der Waals surface area (Å²) < 4.78 is 25.1. The number of amides is 1. The average molecular weight is 519 g/mol. The number of ether oxygens (including phenoxy) is 2. The number of fused-ring (bicyclic) bond motifs is 1. The van der Waals surface area contributed by atoms with Crippen LogP contribution in [0.3, 0.4) is 0 Å². The molecule has 5 rings (SSSR count). The number of carbonyl (C=O) groups is 1. The van der Waals surface area contributed by atoms with Crippen molar-refractivity contribution in [1.29, 1.82) is 0 Å². The predicted molar refractivity (Wildman–Crippen MR) is 152 cm³/mol. The summed E-state index contributed by atoms with van der Waals surface area (Å²) in [7, 11) is 0. The third kappa shape index (κ3) is 6.48. The van der Waals surface area contributed by atoms with E-state index in [1.54, 1.807) is 25.3 Å². The van der Waals surface area contributed by atoms with E-state index in [-0.39, 0.29) is 18.3 Å². The van der Waals surface area contributed by atoms with E-state index < -0.39 is 6.10 Å². The van der Waals surface area contributed by atoms with Crippen molar-refractivity contribution in [2.45, 2.75) is 19.6 Å². The van der Waals surface area contributed by atoms with Crippen molar-refractivity contribution in [2.75, 3.05) is 0 Å². The average Bonchev–Trinajstić information content (AvgIpc) is 2.98. The second-order valence-corrected chi connectivity index (χ2v) is 9.00. The maximum atomic E-state index is 13.3. The van der Waals surface area contributed by atoms with Crippen molar-refractivity contribution in [1.82, 2.24) is 5.43 Å². The van der Waals surface area contributed by atoms with Gasteiger partial charge < -0.3 is 9.47 Å². The van der Waals surface area contributed by atoms with Crippen molar-refractivity contribution in [2.24, 2.45) is 5.10 Å². The van der Waals surface area contributed by atoms with E-state index in [9.17, 15) is 9.18 Å². The van der Waals surface area contributed by atoms with Gasteiger partial charge in [0.05, 0.1) is 6.21 Å². The SMILES string of the molecule is C[C@@H](Oc1ccc(-c2ccccc2)cc1)C(=O)N/N=C\c1c(OCc2ccc(F)cc2)ccc2ccccc12. The lowest BCUT2D eigenvalue weighted by molar-refractivity contribution is -0.127. The van der Waals surface area contributed by atoms with Crippen LogP contribution in [0.4, 0.5) is 4.39 Å². The zero-order valence-corrected chi connectivity index (χ0v) is 21.4. The van der Waals surface area contributed by atoms with Gasteiger partial charge in [-0.2, -0.15) is 5.10 Å². The summed E-state index contributed by atoms with van der Waals surface area (Å²) in [6.07, 6.45) is 0.813. The summed E-state index contributed by atoms with van der Waals surface area (Å²) >= 11 is 0. The maximum Gasteiger partial charge on any atom is 0.280 e. The molecular weight excluding hydrogens is 491 g/mol. The Kier molecular flexibility index (Phi) is 7.93. The van der Waals surface area contributed by atoms with Crippen LogP contribution in [0.15, 0.2) is 120 Å². The Hall–Kier alpha value is -4.97. The zero-order valence-electron chi connectivity index (χ0n) is 21.4. The Morgan fingerprint density at radius 2 is 1.54 bits per heavy atom. The highest BCUT2D eigenvalue weighted by molar-refractivity contribution is 6.02.